The van der Waals surface area contributed by atoms with Crippen LogP contribution in [0.3, 0.4) is 0 Å². The van der Waals surface area contributed by atoms with E-state index in [2.05, 4.69) is 5.32 Å². The number of hydrogen-bond donors (Lipinski definition) is 3. The second-order valence-corrected chi connectivity index (χ2v) is 6.17. The standard InChI is InChI=1S/C20H20FNO2/c1-20(24,15-7-9-16(21)10-8-15)13-22-12-18-17-5-3-2-4-14(17)6-11-19(18)23/h2-11,22-24H,12-13H2,1H3. The number of halogens is 1. The van der Waals surface area contributed by atoms with Crippen LogP contribution in [0, 0.1) is 5.82 Å². The molecule has 1 unspecified atom stereocenters. The topological polar surface area (TPSA) is 52.5 Å². The zero-order valence-electron chi connectivity index (χ0n) is 13.5. The Labute approximate surface area is 140 Å². The van der Waals surface area contributed by atoms with Crippen molar-refractivity contribution in [1.82, 2.24) is 5.32 Å². The van der Waals surface area contributed by atoms with Crippen molar-refractivity contribution >= 4 is 10.8 Å². The van der Waals surface area contributed by atoms with Crippen molar-refractivity contribution in [2.24, 2.45) is 0 Å². The molecule has 0 radical (unpaired) electrons. The van der Waals surface area contributed by atoms with Crippen molar-refractivity contribution in [3.05, 3.63) is 77.6 Å². The van der Waals surface area contributed by atoms with E-state index in [-0.39, 0.29) is 18.1 Å². The van der Waals surface area contributed by atoms with E-state index in [9.17, 15) is 14.6 Å². The zero-order valence-corrected chi connectivity index (χ0v) is 13.5. The van der Waals surface area contributed by atoms with Crippen molar-refractivity contribution < 1.29 is 14.6 Å². The van der Waals surface area contributed by atoms with Gasteiger partial charge in [0.1, 0.15) is 11.6 Å². The van der Waals surface area contributed by atoms with Crippen molar-refractivity contribution in [3.8, 4) is 5.75 Å². The summed E-state index contributed by atoms with van der Waals surface area (Å²) in [5.74, 6) is -0.106. The fraction of sp³-hybridized carbons (Fsp3) is 0.200. The van der Waals surface area contributed by atoms with Gasteiger partial charge in [-0.05, 0) is 41.5 Å². The summed E-state index contributed by atoms with van der Waals surface area (Å²) < 4.78 is 13.0. The van der Waals surface area contributed by atoms with E-state index in [4.69, 9.17) is 0 Å². The molecule has 1 atom stereocenters. The number of hydrogen-bond acceptors (Lipinski definition) is 3. The summed E-state index contributed by atoms with van der Waals surface area (Å²) in [7, 11) is 0. The molecule has 3 N–H and O–H groups in total. The lowest BCUT2D eigenvalue weighted by Crippen LogP contribution is -2.35. The molecule has 4 heteroatoms. The van der Waals surface area contributed by atoms with Crippen molar-refractivity contribution in [2.45, 2.75) is 19.1 Å². The normalized spacial score (nSPS) is 13.8. The van der Waals surface area contributed by atoms with Crippen LogP contribution in [0.4, 0.5) is 4.39 Å². The maximum Gasteiger partial charge on any atom is 0.123 e. The van der Waals surface area contributed by atoms with Crippen LogP contribution in [0.25, 0.3) is 10.8 Å². The summed E-state index contributed by atoms with van der Waals surface area (Å²) in [4.78, 5) is 0. The van der Waals surface area contributed by atoms with Gasteiger partial charge in [0.2, 0.25) is 0 Å². The molecule has 3 rings (SSSR count). The second-order valence-electron chi connectivity index (χ2n) is 6.17. The molecule has 0 bridgehead atoms. The van der Waals surface area contributed by atoms with Crippen LogP contribution in [-0.4, -0.2) is 16.8 Å². The van der Waals surface area contributed by atoms with Crippen LogP contribution in [-0.2, 0) is 12.1 Å². The number of phenols is 1. The molecule has 124 valence electrons. The fourth-order valence-electron chi connectivity index (χ4n) is 2.85. The van der Waals surface area contributed by atoms with Crippen LogP contribution in [0.15, 0.2) is 60.7 Å². The Morgan fingerprint density at radius 3 is 2.46 bits per heavy atom. The Kier molecular flexibility index (Phi) is 4.51. The van der Waals surface area contributed by atoms with Crippen LogP contribution in [0.1, 0.15) is 18.1 Å². The van der Waals surface area contributed by atoms with Crippen molar-refractivity contribution in [1.29, 1.82) is 0 Å². The van der Waals surface area contributed by atoms with Crippen molar-refractivity contribution in [2.75, 3.05) is 6.54 Å². The fourth-order valence-corrected chi connectivity index (χ4v) is 2.85. The predicted octanol–water partition coefficient (Wildman–Crippen LogP) is 3.68. The number of rotatable bonds is 5. The lowest BCUT2D eigenvalue weighted by molar-refractivity contribution is 0.0566. The van der Waals surface area contributed by atoms with E-state index >= 15 is 0 Å². The van der Waals surface area contributed by atoms with Gasteiger partial charge in [-0.2, -0.15) is 0 Å². The Balaban J connectivity index is 1.74. The summed E-state index contributed by atoms with van der Waals surface area (Å²) in [6, 6.07) is 17.2. The molecule has 0 fully saturated rings. The lowest BCUT2D eigenvalue weighted by atomic mass is 9.95. The van der Waals surface area contributed by atoms with Crippen molar-refractivity contribution in [3.63, 3.8) is 0 Å². The molecule has 24 heavy (non-hydrogen) atoms. The predicted molar refractivity (Wildman–Crippen MR) is 93.3 cm³/mol. The van der Waals surface area contributed by atoms with E-state index in [0.29, 0.717) is 12.1 Å². The lowest BCUT2D eigenvalue weighted by Gasteiger charge is -2.24. The summed E-state index contributed by atoms with van der Waals surface area (Å²) in [6.45, 7) is 2.38. The van der Waals surface area contributed by atoms with Crippen LogP contribution >= 0.6 is 0 Å². The second kappa shape index (κ2) is 6.59. The number of phenolic OH excluding ortho intramolecular Hbond substituents is 1. The molecule has 0 aliphatic carbocycles. The van der Waals surface area contributed by atoms with E-state index in [0.717, 1.165) is 16.3 Å². The first-order valence-electron chi connectivity index (χ1n) is 7.86. The Morgan fingerprint density at radius 1 is 1.00 bits per heavy atom. The van der Waals surface area contributed by atoms with Crippen LogP contribution < -0.4 is 5.32 Å². The third kappa shape index (κ3) is 3.40. The van der Waals surface area contributed by atoms with E-state index in [1.807, 2.05) is 30.3 Å². The number of fused-ring (bicyclic) bond motifs is 1. The summed E-state index contributed by atoms with van der Waals surface area (Å²) >= 11 is 0. The van der Waals surface area contributed by atoms with E-state index < -0.39 is 5.60 Å². The number of benzene rings is 3. The summed E-state index contributed by atoms with van der Waals surface area (Å²) in [5.41, 5.74) is 0.301. The van der Waals surface area contributed by atoms with Gasteiger partial charge in [0.15, 0.2) is 0 Å². The average Bonchev–Trinajstić information content (AvgIpc) is 2.57. The van der Waals surface area contributed by atoms with Gasteiger partial charge in [-0.1, -0.05) is 42.5 Å². The maximum atomic E-state index is 13.0. The van der Waals surface area contributed by atoms with Gasteiger partial charge < -0.3 is 15.5 Å². The Morgan fingerprint density at radius 2 is 1.71 bits per heavy atom. The first kappa shape index (κ1) is 16.4. The average molecular weight is 325 g/mol. The number of nitrogens with one attached hydrogen (secondary N) is 1. The summed E-state index contributed by atoms with van der Waals surface area (Å²) in [5, 5.41) is 25.9. The number of aromatic hydroxyl groups is 1. The SMILES string of the molecule is CC(O)(CNCc1c(O)ccc2ccccc12)c1ccc(F)cc1. The molecule has 3 aromatic carbocycles. The zero-order chi connectivity index (χ0) is 17.2. The largest absolute Gasteiger partial charge is 0.508 e. The minimum atomic E-state index is -1.13. The third-order valence-electron chi connectivity index (χ3n) is 4.25. The maximum absolute atomic E-state index is 13.0. The van der Waals surface area contributed by atoms with Gasteiger partial charge in [0, 0.05) is 18.7 Å². The van der Waals surface area contributed by atoms with E-state index in [1.54, 1.807) is 25.1 Å². The van der Waals surface area contributed by atoms with Crippen LogP contribution in [0.5, 0.6) is 5.75 Å². The molecule has 0 heterocycles. The highest BCUT2D eigenvalue weighted by molar-refractivity contribution is 5.87. The Hall–Kier alpha value is -2.43. The molecule has 3 nitrogen and oxygen atoms in total. The smallest absolute Gasteiger partial charge is 0.123 e. The van der Waals surface area contributed by atoms with E-state index in [1.165, 1.54) is 12.1 Å². The van der Waals surface area contributed by atoms with Gasteiger partial charge in [-0.15, -0.1) is 0 Å². The highest BCUT2D eigenvalue weighted by Crippen LogP contribution is 2.27. The van der Waals surface area contributed by atoms with Gasteiger partial charge in [-0.3, -0.25) is 0 Å². The molecule has 0 aliphatic heterocycles. The first-order chi connectivity index (χ1) is 11.5. The third-order valence-corrected chi connectivity index (χ3v) is 4.25. The molecular formula is C20H20FNO2. The highest BCUT2D eigenvalue weighted by Gasteiger charge is 2.22. The molecule has 0 saturated carbocycles. The highest BCUT2D eigenvalue weighted by atomic mass is 19.1. The summed E-state index contributed by atoms with van der Waals surface area (Å²) in [6.07, 6.45) is 0. The van der Waals surface area contributed by atoms with Crippen LogP contribution in [0.2, 0.25) is 0 Å². The van der Waals surface area contributed by atoms with Gasteiger partial charge in [0.25, 0.3) is 0 Å². The Bertz CT molecular complexity index is 844. The molecule has 3 aromatic rings. The van der Waals surface area contributed by atoms with Gasteiger partial charge in [-0.25, -0.2) is 4.39 Å². The minimum absolute atomic E-state index is 0.225. The monoisotopic (exact) mass is 325 g/mol. The molecule has 0 spiro atoms. The molecule has 0 aliphatic rings. The van der Waals surface area contributed by atoms with Gasteiger partial charge in [0.05, 0.1) is 5.60 Å². The first-order valence-corrected chi connectivity index (χ1v) is 7.86. The minimum Gasteiger partial charge on any atom is -0.508 e. The molecule has 0 aromatic heterocycles. The molecule has 0 amide bonds. The molecule has 0 saturated heterocycles. The quantitative estimate of drug-likeness (QED) is 0.671. The van der Waals surface area contributed by atoms with Gasteiger partial charge >= 0.3 is 0 Å². The molecular weight excluding hydrogens is 305 g/mol. The number of aliphatic hydroxyl groups is 1.